The van der Waals surface area contributed by atoms with Gasteiger partial charge >= 0.3 is 0 Å². The molecule has 0 heterocycles. The zero-order chi connectivity index (χ0) is 10.8. The summed E-state index contributed by atoms with van der Waals surface area (Å²) >= 11 is 0. The number of benzene rings is 1. The van der Waals surface area contributed by atoms with Gasteiger partial charge in [0.2, 0.25) is 0 Å². The van der Waals surface area contributed by atoms with Gasteiger partial charge in [0.25, 0.3) is 0 Å². The zero-order valence-corrected chi connectivity index (χ0v) is 9.79. The molecule has 1 aliphatic rings. The van der Waals surface area contributed by atoms with Crippen molar-refractivity contribution in [2.24, 2.45) is 11.7 Å². The fraction of sp³-hybridized carbons (Fsp3) is 0.571. The first-order valence-electron chi connectivity index (χ1n) is 6.02. The molecule has 0 amide bonds. The van der Waals surface area contributed by atoms with E-state index in [1.54, 1.807) is 0 Å². The predicted molar refractivity (Wildman–Crippen MR) is 64.8 cm³/mol. The highest BCUT2D eigenvalue weighted by Gasteiger charge is 2.24. The van der Waals surface area contributed by atoms with Gasteiger partial charge in [0.15, 0.2) is 0 Å². The van der Waals surface area contributed by atoms with Gasteiger partial charge in [-0.1, -0.05) is 31.0 Å². The monoisotopic (exact) mass is 203 g/mol. The maximum atomic E-state index is 6.40. The van der Waals surface area contributed by atoms with E-state index in [-0.39, 0.29) is 6.04 Å². The van der Waals surface area contributed by atoms with Crippen LogP contribution in [0.2, 0.25) is 0 Å². The Morgan fingerprint density at radius 2 is 1.67 bits per heavy atom. The molecule has 0 bridgehead atoms. The van der Waals surface area contributed by atoms with Crippen molar-refractivity contribution in [1.82, 2.24) is 0 Å². The Morgan fingerprint density at radius 1 is 1.13 bits per heavy atom. The smallest absolute Gasteiger partial charge is 0.0328 e. The highest BCUT2D eigenvalue weighted by atomic mass is 14.7. The Hall–Kier alpha value is -0.820. The lowest BCUT2D eigenvalue weighted by Gasteiger charge is -2.23. The van der Waals surface area contributed by atoms with Crippen LogP contribution in [-0.4, -0.2) is 0 Å². The van der Waals surface area contributed by atoms with E-state index in [4.69, 9.17) is 5.73 Å². The van der Waals surface area contributed by atoms with Crippen LogP contribution in [0.15, 0.2) is 18.2 Å². The minimum absolute atomic E-state index is 0.258. The number of aryl methyl sites for hydroxylation is 2. The van der Waals surface area contributed by atoms with Crippen LogP contribution in [0.4, 0.5) is 0 Å². The number of hydrogen-bond acceptors (Lipinski definition) is 1. The Bertz CT molecular complexity index is 317. The summed E-state index contributed by atoms with van der Waals surface area (Å²) in [5.41, 5.74) is 10.5. The molecule has 1 atom stereocenters. The van der Waals surface area contributed by atoms with Crippen LogP contribution in [0.3, 0.4) is 0 Å². The maximum absolute atomic E-state index is 6.40. The lowest BCUT2D eigenvalue weighted by Crippen LogP contribution is -2.21. The summed E-state index contributed by atoms with van der Waals surface area (Å²) in [5, 5.41) is 0. The van der Waals surface area contributed by atoms with Crippen molar-refractivity contribution in [3.8, 4) is 0 Å². The molecule has 1 aromatic carbocycles. The van der Waals surface area contributed by atoms with Crippen molar-refractivity contribution < 1.29 is 0 Å². The molecule has 1 nitrogen and oxygen atoms in total. The van der Waals surface area contributed by atoms with Gasteiger partial charge in [0.05, 0.1) is 0 Å². The SMILES string of the molecule is Cc1cccc(C)c1[C@@H](N)C1CCCC1. The summed E-state index contributed by atoms with van der Waals surface area (Å²) in [4.78, 5) is 0. The molecule has 0 radical (unpaired) electrons. The average molecular weight is 203 g/mol. The van der Waals surface area contributed by atoms with Gasteiger partial charge in [0, 0.05) is 6.04 Å². The summed E-state index contributed by atoms with van der Waals surface area (Å²) in [6.07, 6.45) is 5.36. The largest absolute Gasteiger partial charge is 0.324 e. The summed E-state index contributed by atoms with van der Waals surface area (Å²) in [6.45, 7) is 4.36. The molecule has 0 unspecified atom stereocenters. The normalized spacial score (nSPS) is 19.4. The lowest BCUT2D eigenvalue weighted by molar-refractivity contribution is 0.442. The van der Waals surface area contributed by atoms with Gasteiger partial charge in [-0.05, 0) is 49.3 Å². The number of hydrogen-bond donors (Lipinski definition) is 1. The van der Waals surface area contributed by atoms with Crippen molar-refractivity contribution in [2.75, 3.05) is 0 Å². The molecule has 82 valence electrons. The van der Waals surface area contributed by atoms with Crippen LogP contribution in [0, 0.1) is 19.8 Å². The van der Waals surface area contributed by atoms with Gasteiger partial charge in [-0.2, -0.15) is 0 Å². The highest BCUT2D eigenvalue weighted by Crippen LogP contribution is 2.36. The fourth-order valence-electron chi connectivity index (χ4n) is 2.91. The summed E-state index contributed by atoms with van der Waals surface area (Å²) in [7, 11) is 0. The Balaban J connectivity index is 2.27. The molecule has 1 fully saturated rings. The van der Waals surface area contributed by atoms with Gasteiger partial charge in [-0.15, -0.1) is 0 Å². The third kappa shape index (κ3) is 2.07. The summed E-state index contributed by atoms with van der Waals surface area (Å²) in [6, 6.07) is 6.73. The van der Waals surface area contributed by atoms with E-state index >= 15 is 0 Å². The summed E-state index contributed by atoms with van der Waals surface area (Å²) < 4.78 is 0. The molecule has 2 N–H and O–H groups in total. The Labute approximate surface area is 92.7 Å². The highest BCUT2D eigenvalue weighted by molar-refractivity contribution is 5.36. The van der Waals surface area contributed by atoms with Gasteiger partial charge in [-0.3, -0.25) is 0 Å². The molecule has 0 aromatic heterocycles. The van der Waals surface area contributed by atoms with E-state index in [9.17, 15) is 0 Å². The van der Waals surface area contributed by atoms with Crippen LogP contribution in [0.1, 0.15) is 48.4 Å². The van der Waals surface area contributed by atoms with Crippen LogP contribution >= 0.6 is 0 Å². The molecule has 0 saturated heterocycles. The van der Waals surface area contributed by atoms with Gasteiger partial charge in [-0.25, -0.2) is 0 Å². The van der Waals surface area contributed by atoms with E-state index in [2.05, 4.69) is 32.0 Å². The minimum atomic E-state index is 0.258. The average Bonchev–Trinajstić information content (AvgIpc) is 2.69. The van der Waals surface area contributed by atoms with Gasteiger partial charge in [0.1, 0.15) is 0 Å². The van der Waals surface area contributed by atoms with Crippen LogP contribution in [0.25, 0.3) is 0 Å². The van der Waals surface area contributed by atoms with Crippen molar-refractivity contribution in [3.63, 3.8) is 0 Å². The lowest BCUT2D eigenvalue weighted by atomic mass is 9.87. The third-order valence-electron chi connectivity index (χ3n) is 3.78. The molecule has 1 heteroatoms. The van der Waals surface area contributed by atoms with Gasteiger partial charge < -0.3 is 5.73 Å². The van der Waals surface area contributed by atoms with Crippen molar-refractivity contribution in [2.45, 2.75) is 45.6 Å². The quantitative estimate of drug-likeness (QED) is 0.782. The van der Waals surface area contributed by atoms with Crippen LogP contribution in [-0.2, 0) is 0 Å². The van der Waals surface area contributed by atoms with Crippen molar-refractivity contribution >= 4 is 0 Å². The molecule has 1 aliphatic carbocycles. The Kier molecular flexibility index (Phi) is 3.11. The second-order valence-corrected chi connectivity index (χ2v) is 4.88. The topological polar surface area (TPSA) is 26.0 Å². The second kappa shape index (κ2) is 4.36. The first kappa shape index (κ1) is 10.7. The standard InChI is InChI=1S/C14H21N/c1-10-6-5-7-11(2)13(10)14(15)12-8-3-4-9-12/h5-7,12,14H,3-4,8-9,15H2,1-2H3/t14-/m0/s1. The van der Waals surface area contributed by atoms with Crippen LogP contribution in [0.5, 0.6) is 0 Å². The van der Waals surface area contributed by atoms with E-state index in [0.29, 0.717) is 5.92 Å². The maximum Gasteiger partial charge on any atom is 0.0328 e. The molecular formula is C14H21N. The third-order valence-corrected chi connectivity index (χ3v) is 3.78. The number of rotatable bonds is 2. The van der Waals surface area contributed by atoms with E-state index < -0.39 is 0 Å². The summed E-state index contributed by atoms with van der Waals surface area (Å²) in [5.74, 6) is 0.713. The number of nitrogens with two attached hydrogens (primary N) is 1. The molecule has 2 rings (SSSR count). The van der Waals surface area contributed by atoms with E-state index in [0.717, 1.165) is 0 Å². The van der Waals surface area contributed by atoms with E-state index in [1.807, 2.05) is 0 Å². The van der Waals surface area contributed by atoms with Crippen molar-refractivity contribution in [3.05, 3.63) is 34.9 Å². The zero-order valence-electron chi connectivity index (χ0n) is 9.79. The fourth-order valence-corrected chi connectivity index (χ4v) is 2.91. The van der Waals surface area contributed by atoms with Crippen LogP contribution < -0.4 is 5.73 Å². The molecule has 1 saturated carbocycles. The van der Waals surface area contributed by atoms with E-state index in [1.165, 1.54) is 42.4 Å². The Morgan fingerprint density at radius 3 is 2.20 bits per heavy atom. The second-order valence-electron chi connectivity index (χ2n) is 4.88. The molecule has 1 aromatic rings. The molecular weight excluding hydrogens is 182 g/mol. The predicted octanol–water partition coefficient (Wildman–Crippen LogP) is 3.49. The minimum Gasteiger partial charge on any atom is -0.324 e. The first-order chi connectivity index (χ1) is 7.20. The van der Waals surface area contributed by atoms with Crippen molar-refractivity contribution in [1.29, 1.82) is 0 Å². The molecule has 0 spiro atoms. The first-order valence-corrected chi connectivity index (χ1v) is 6.02. The molecule has 0 aliphatic heterocycles. The molecule has 15 heavy (non-hydrogen) atoms.